The van der Waals surface area contributed by atoms with Gasteiger partial charge in [0.1, 0.15) is 18.0 Å². The molecular weight excluding hydrogens is 332 g/mol. The van der Waals surface area contributed by atoms with Crippen LogP contribution in [0.1, 0.15) is 35.0 Å². The first-order valence-corrected chi connectivity index (χ1v) is 8.46. The largest absolute Gasteiger partial charge is 0.494 e. The third-order valence-corrected chi connectivity index (χ3v) is 3.85. The molecule has 2 heterocycles. The molecule has 6 heteroatoms. The van der Waals surface area contributed by atoms with Crippen molar-refractivity contribution in [2.24, 2.45) is 0 Å². The van der Waals surface area contributed by atoms with Gasteiger partial charge in [-0.1, -0.05) is 13.0 Å². The molecule has 134 valence electrons. The predicted molar refractivity (Wildman–Crippen MR) is 97.5 cm³/mol. The second kappa shape index (κ2) is 7.82. The molecule has 0 saturated heterocycles. The first kappa shape index (κ1) is 17.7. The van der Waals surface area contributed by atoms with E-state index in [1.807, 2.05) is 19.9 Å². The van der Waals surface area contributed by atoms with Crippen molar-refractivity contribution < 1.29 is 14.3 Å². The summed E-state index contributed by atoms with van der Waals surface area (Å²) >= 11 is 0. The van der Waals surface area contributed by atoms with Crippen molar-refractivity contribution in [3.8, 4) is 5.75 Å². The number of rotatable bonds is 6. The number of nitrogens with zero attached hydrogens (tertiary/aromatic N) is 2. The summed E-state index contributed by atoms with van der Waals surface area (Å²) in [5.41, 5.74) is 2.06. The lowest BCUT2D eigenvalue weighted by molar-refractivity contribution is 0.0467. The van der Waals surface area contributed by atoms with Crippen LogP contribution in [0.5, 0.6) is 5.75 Å². The Balaban J connectivity index is 1.70. The standard InChI is InChI=1S/C20H20N2O4/c1-3-11-25-17-8-6-15(7-9-17)20(24)26-13-16-12-18(23)22-10-4-5-14(2)19(22)21-16/h4-10,12H,3,11,13H2,1-2H3. The number of ether oxygens (including phenoxy) is 2. The molecule has 0 aliphatic heterocycles. The average Bonchev–Trinajstić information content (AvgIpc) is 2.66. The normalized spacial score (nSPS) is 10.7. The van der Waals surface area contributed by atoms with Gasteiger partial charge in [0.15, 0.2) is 0 Å². The summed E-state index contributed by atoms with van der Waals surface area (Å²) < 4.78 is 12.2. The zero-order valence-electron chi connectivity index (χ0n) is 14.8. The Labute approximate surface area is 151 Å². The number of carbonyl (C=O) groups excluding carboxylic acids is 1. The van der Waals surface area contributed by atoms with Gasteiger partial charge in [-0.05, 0) is 49.2 Å². The van der Waals surface area contributed by atoms with E-state index in [0.717, 1.165) is 12.0 Å². The minimum Gasteiger partial charge on any atom is -0.494 e. The molecule has 0 aliphatic carbocycles. The molecule has 0 atom stereocenters. The summed E-state index contributed by atoms with van der Waals surface area (Å²) in [6, 6.07) is 11.8. The maximum Gasteiger partial charge on any atom is 0.338 e. The van der Waals surface area contributed by atoms with Crippen molar-refractivity contribution >= 4 is 11.6 Å². The smallest absolute Gasteiger partial charge is 0.338 e. The van der Waals surface area contributed by atoms with Gasteiger partial charge in [-0.15, -0.1) is 0 Å². The number of aromatic nitrogens is 2. The quantitative estimate of drug-likeness (QED) is 0.638. The fourth-order valence-corrected chi connectivity index (χ4v) is 2.51. The van der Waals surface area contributed by atoms with E-state index in [2.05, 4.69) is 4.98 Å². The van der Waals surface area contributed by atoms with Gasteiger partial charge in [-0.2, -0.15) is 0 Å². The highest BCUT2D eigenvalue weighted by Gasteiger charge is 2.10. The van der Waals surface area contributed by atoms with Crippen LogP contribution in [0.4, 0.5) is 0 Å². The number of fused-ring (bicyclic) bond motifs is 1. The molecule has 2 aromatic heterocycles. The molecule has 0 bridgehead atoms. The number of pyridine rings is 1. The average molecular weight is 352 g/mol. The third-order valence-electron chi connectivity index (χ3n) is 3.85. The number of carbonyl (C=O) groups is 1. The SMILES string of the molecule is CCCOc1ccc(C(=O)OCc2cc(=O)n3cccc(C)c3n2)cc1. The van der Waals surface area contributed by atoms with E-state index in [1.165, 1.54) is 10.5 Å². The van der Waals surface area contributed by atoms with E-state index in [9.17, 15) is 9.59 Å². The zero-order valence-corrected chi connectivity index (χ0v) is 14.8. The zero-order chi connectivity index (χ0) is 18.5. The van der Waals surface area contributed by atoms with Crippen molar-refractivity contribution in [1.29, 1.82) is 0 Å². The molecule has 0 saturated carbocycles. The summed E-state index contributed by atoms with van der Waals surface area (Å²) in [5, 5.41) is 0. The lowest BCUT2D eigenvalue weighted by Crippen LogP contribution is -2.17. The minimum absolute atomic E-state index is 0.0625. The summed E-state index contributed by atoms with van der Waals surface area (Å²) in [7, 11) is 0. The van der Waals surface area contributed by atoms with Crippen molar-refractivity contribution in [1.82, 2.24) is 9.38 Å². The van der Waals surface area contributed by atoms with E-state index < -0.39 is 5.97 Å². The lowest BCUT2D eigenvalue weighted by atomic mass is 10.2. The molecule has 0 radical (unpaired) electrons. The van der Waals surface area contributed by atoms with Crippen LogP contribution in [0.3, 0.4) is 0 Å². The van der Waals surface area contributed by atoms with Crippen LogP contribution in [0.2, 0.25) is 0 Å². The Morgan fingerprint density at radius 1 is 1.19 bits per heavy atom. The third kappa shape index (κ3) is 3.91. The first-order chi connectivity index (χ1) is 12.6. The maximum atomic E-state index is 12.2. The van der Waals surface area contributed by atoms with Crippen molar-refractivity contribution in [2.75, 3.05) is 6.61 Å². The summed E-state index contributed by atoms with van der Waals surface area (Å²) in [5.74, 6) is 0.238. The Kier molecular flexibility index (Phi) is 5.31. The van der Waals surface area contributed by atoms with Crippen LogP contribution in [0.15, 0.2) is 53.5 Å². The van der Waals surface area contributed by atoms with Crippen LogP contribution >= 0.6 is 0 Å². The van der Waals surface area contributed by atoms with Crippen molar-refractivity contribution in [3.63, 3.8) is 0 Å². The molecule has 0 spiro atoms. The molecule has 26 heavy (non-hydrogen) atoms. The number of esters is 1. The second-order valence-corrected chi connectivity index (χ2v) is 5.92. The predicted octanol–water partition coefficient (Wildman–Crippen LogP) is 3.15. The monoisotopic (exact) mass is 352 g/mol. The van der Waals surface area contributed by atoms with Gasteiger partial charge in [-0.3, -0.25) is 9.20 Å². The van der Waals surface area contributed by atoms with Crippen LogP contribution in [0.25, 0.3) is 5.65 Å². The molecule has 0 aliphatic rings. The lowest BCUT2D eigenvalue weighted by Gasteiger charge is -2.08. The Bertz CT molecular complexity index is 977. The van der Waals surface area contributed by atoms with E-state index in [0.29, 0.717) is 29.3 Å². The van der Waals surface area contributed by atoms with E-state index >= 15 is 0 Å². The Morgan fingerprint density at radius 3 is 2.69 bits per heavy atom. The highest BCUT2D eigenvalue weighted by molar-refractivity contribution is 5.89. The molecule has 1 aromatic carbocycles. The van der Waals surface area contributed by atoms with E-state index in [-0.39, 0.29) is 12.2 Å². The highest BCUT2D eigenvalue weighted by atomic mass is 16.5. The molecule has 3 rings (SSSR count). The number of hydrogen-bond acceptors (Lipinski definition) is 5. The van der Waals surface area contributed by atoms with Crippen molar-refractivity contribution in [2.45, 2.75) is 26.9 Å². The first-order valence-electron chi connectivity index (χ1n) is 8.46. The number of aryl methyl sites for hydroxylation is 1. The van der Waals surface area contributed by atoms with Crippen LogP contribution < -0.4 is 10.3 Å². The van der Waals surface area contributed by atoms with Gasteiger partial charge in [0.2, 0.25) is 0 Å². The molecule has 6 nitrogen and oxygen atoms in total. The molecule has 0 amide bonds. The summed E-state index contributed by atoms with van der Waals surface area (Å²) in [6.45, 7) is 4.47. The van der Waals surface area contributed by atoms with Gasteiger partial charge in [-0.25, -0.2) is 9.78 Å². The number of hydrogen-bond donors (Lipinski definition) is 0. The fraction of sp³-hybridized carbons (Fsp3) is 0.250. The van der Waals surface area contributed by atoms with Gasteiger partial charge in [0, 0.05) is 12.3 Å². The molecule has 3 aromatic rings. The van der Waals surface area contributed by atoms with Gasteiger partial charge < -0.3 is 9.47 Å². The maximum absolute atomic E-state index is 12.2. The summed E-state index contributed by atoms with van der Waals surface area (Å²) in [6.07, 6.45) is 2.58. The van der Waals surface area contributed by atoms with E-state index in [1.54, 1.807) is 36.5 Å². The number of benzene rings is 1. The fourth-order valence-electron chi connectivity index (χ4n) is 2.51. The molecule has 0 unspecified atom stereocenters. The van der Waals surface area contributed by atoms with E-state index in [4.69, 9.17) is 9.47 Å². The molecular formula is C20H20N2O4. The van der Waals surface area contributed by atoms with Gasteiger partial charge in [0.05, 0.1) is 17.9 Å². The molecule has 0 fully saturated rings. The summed E-state index contributed by atoms with van der Waals surface area (Å²) in [4.78, 5) is 28.8. The van der Waals surface area contributed by atoms with Crippen LogP contribution in [-0.2, 0) is 11.3 Å². The van der Waals surface area contributed by atoms with Gasteiger partial charge >= 0.3 is 5.97 Å². The Morgan fingerprint density at radius 2 is 1.96 bits per heavy atom. The topological polar surface area (TPSA) is 69.9 Å². The second-order valence-electron chi connectivity index (χ2n) is 5.92. The van der Waals surface area contributed by atoms with Crippen molar-refractivity contribution in [3.05, 3.63) is 75.8 Å². The van der Waals surface area contributed by atoms with Crippen LogP contribution in [-0.4, -0.2) is 22.0 Å². The highest BCUT2D eigenvalue weighted by Crippen LogP contribution is 2.14. The van der Waals surface area contributed by atoms with Gasteiger partial charge in [0.25, 0.3) is 5.56 Å². The Hall–Kier alpha value is -3.15. The minimum atomic E-state index is -0.473. The molecule has 0 N–H and O–H groups in total. The van der Waals surface area contributed by atoms with Crippen LogP contribution in [0, 0.1) is 6.92 Å².